The molecular formula is C14H17ClN4O2. The second kappa shape index (κ2) is 7.10. The topological polar surface area (TPSA) is 68.3 Å². The summed E-state index contributed by atoms with van der Waals surface area (Å²) in [6.07, 6.45) is 0. The predicted molar refractivity (Wildman–Crippen MR) is 83.6 cm³/mol. The average molecular weight is 309 g/mol. The third-order valence-electron chi connectivity index (χ3n) is 2.73. The van der Waals surface area contributed by atoms with Crippen LogP contribution in [0.2, 0.25) is 5.02 Å². The summed E-state index contributed by atoms with van der Waals surface area (Å²) >= 11 is 6.11. The van der Waals surface area contributed by atoms with E-state index in [1.54, 1.807) is 39.5 Å². The first-order chi connectivity index (χ1) is 10.2. The Labute approximate surface area is 128 Å². The quantitative estimate of drug-likeness (QED) is 0.855. The molecule has 1 heterocycles. The number of ether oxygens (including phenoxy) is 2. The average Bonchev–Trinajstić information content (AvgIpc) is 2.47. The number of methoxy groups -OCH3 is 2. The minimum Gasteiger partial charge on any atom is -0.495 e. The highest BCUT2D eigenvalue weighted by Crippen LogP contribution is 2.28. The number of nitrogens with one attached hydrogen (secondary N) is 2. The number of anilines is 3. The molecular weight excluding hydrogens is 292 g/mol. The fraction of sp³-hybridized carbons (Fsp3) is 0.286. The minimum absolute atomic E-state index is 0.341. The number of hydrogen-bond donors (Lipinski definition) is 2. The molecule has 0 amide bonds. The Hall–Kier alpha value is -2.05. The summed E-state index contributed by atoms with van der Waals surface area (Å²) < 4.78 is 10.2. The second-order valence-electron chi connectivity index (χ2n) is 4.21. The standard InChI is InChI=1S/C14H17ClN4O2/c1-16-12-7-13(19-14(18-12)8-20-2)17-9-4-5-11(21-3)10(15)6-9/h4-7H,8H2,1-3H3,(H2,16,17,18,19). The van der Waals surface area contributed by atoms with Crippen molar-refractivity contribution < 1.29 is 9.47 Å². The molecule has 1 aromatic heterocycles. The number of halogens is 1. The summed E-state index contributed by atoms with van der Waals surface area (Å²) in [5, 5.41) is 6.70. The smallest absolute Gasteiger partial charge is 0.158 e. The summed E-state index contributed by atoms with van der Waals surface area (Å²) in [6.45, 7) is 0.341. The van der Waals surface area contributed by atoms with Gasteiger partial charge in [0.2, 0.25) is 0 Å². The van der Waals surface area contributed by atoms with Gasteiger partial charge >= 0.3 is 0 Å². The molecule has 0 bridgehead atoms. The summed E-state index contributed by atoms with van der Waals surface area (Å²) in [6, 6.07) is 7.23. The zero-order valence-corrected chi connectivity index (χ0v) is 12.9. The zero-order valence-electron chi connectivity index (χ0n) is 12.1. The SMILES string of the molecule is CNc1cc(Nc2ccc(OC)c(Cl)c2)nc(COC)n1. The van der Waals surface area contributed by atoms with Crippen LogP contribution in [0.1, 0.15) is 5.82 Å². The molecule has 6 nitrogen and oxygen atoms in total. The van der Waals surface area contributed by atoms with E-state index in [9.17, 15) is 0 Å². The molecule has 0 saturated heterocycles. The van der Waals surface area contributed by atoms with Crippen LogP contribution in [0.25, 0.3) is 0 Å². The van der Waals surface area contributed by atoms with Crippen LogP contribution in [0.5, 0.6) is 5.75 Å². The van der Waals surface area contributed by atoms with Gasteiger partial charge in [-0.05, 0) is 18.2 Å². The molecule has 0 atom stereocenters. The van der Waals surface area contributed by atoms with Crippen LogP contribution >= 0.6 is 11.6 Å². The van der Waals surface area contributed by atoms with Crippen molar-refractivity contribution in [1.29, 1.82) is 0 Å². The van der Waals surface area contributed by atoms with Gasteiger partial charge in [-0.1, -0.05) is 11.6 Å². The van der Waals surface area contributed by atoms with Crippen molar-refractivity contribution in [2.24, 2.45) is 0 Å². The predicted octanol–water partition coefficient (Wildman–Crippen LogP) is 3.07. The molecule has 2 aromatic rings. The van der Waals surface area contributed by atoms with Gasteiger partial charge in [-0.2, -0.15) is 0 Å². The molecule has 0 unspecified atom stereocenters. The van der Waals surface area contributed by atoms with Gasteiger partial charge in [0.25, 0.3) is 0 Å². The van der Waals surface area contributed by atoms with Crippen LogP contribution in [-0.2, 0) is 11.3 Å². The number of benzene rings is 1. The van der Waals surface area contributed by atoms with Crippen LogP contribution in [0.3, 0.4) is 0 Å². The van der Waals surface area contributed by atoms with Crippen molar-refractivity contribution in [3.8, 4) is 5.75 Å². The van der Waals surface area contributed by atoms with Crippen LogP contribution < -0.4 is 15.4 Å². The third kappa shape index (κ3) is 3.96. The summed E-state index contributed by atoms with van der Waals surface area (Å²) in [5.41, 5.74) is 0.810. The Bertz CT molecular complexity index is 622. The first kappa shape index (κ1) is 15.3. The Morgan fingerprint density at radius 3 is 2.52 bits per heavy atom. The van der Waals surface area contributed by atoms with Crippen molar-refractivity contribution in [1.82, 2.24) is 9.97 Å². The van der Waals surface area contributed by atoms with E-state index in [0.29, 0.717) is 34.8 Å². The molecule has 2 rings (SSSR count). The number of nitrogens with zero attached hydrogens (tertiary/aromatic N) is 2. The first-order valence-electron chi connectivity index (χ1n) is 6.31. The van der Waals surface area contributed by atoms with E-state index in [1.165, 1.54) is 0 Å². The normalized spacial score (nSPS) is 10.3. The Balaban J connectivity index is 2.25. The summed E-state index contributed by atoms with van der Waals surface area (Å²) in [7, 11) is 4.98. The lowest BCUT2D eigenvalue weighted by atomic mass is 10.3. The van der Waals surface area contributed by atoms with Crippen LogP contribution in [0, 0.1) is 0 Å². The van der Waals surface area contributed by atoms with Gasteiger partial charge in [-0.3, -0.25) is 0 Å². The highest BCUT2D eigenvalue weighted by molar-refractivity contribution is 6.32. The molecule has 0 aliphatic rings. The van der Waals surface area contributed by atoms with Crippen LogP contribution in [-0.4, -0.2) is 31.2 Å². The molecule has 21 heavy (non-hydrogen) atoms. The van der Waals surface area contributed by atoms with Crippen molar-refractivity contribution in [2.75, 3.05) is 31.9 Å². The van der Waals surface area contributed by atoms with Gasteiger partial charge < -0.3 is 20.1 Å². The Morgan fingerprint density at radius 1 is 1.14 bits per heavy atom. The minimum atomic E-state index is 0.341. The largest absolute Gasteiger partial charge is 0.495 e. The molecule has 0 aliphatic carbocycles. The first-order valence-corrected chi connectivity index (χ1v) is 6.69. The van der Waals surface area contributed by atoms with Crippen molar-refractivity contribution in [3.05, 3.63) is 35.1 Å². The highest BCUT2D eigenvalue weighted by atomic mass is 35.5. The molecule has 1 aromatic carbocycles. The Morgan fingerprint density at radius 2 is 1.90 bits per heavy atom. The molecule has 7 heteroatoms. The fourth-order valence-electron chi connectivity index (χ4n) is 1.77. The van der Waals surface area contributed by atoms with Crippen molar-refractivity contribution in [3.63, 3.8) is 0 Å². The van der Waals surface area contributed by atoms with E-state index < -0.39 is 0 Å². The summed E-state index contributed by atoms with van der Waals surface area (Å²) in [5.74, 6) is 2.58. The third-order valence-corrected chi connectivity index (χ3v) is 3.02. The molecule has 0 saturated carbocycles. The lowest BCUT2D eigenvalue weighted by Gasteiger charge is -2.11. The maximum Gasteiger partial charge on any atom is 0.158 e. The number of hydrogen-bond acceptors (Lipinski definition) is 6. The molecule has 0 spiro atoms. The van der Waals surface area contributed by atoms with Gasteiger partial charge in [0.1, 0.15) is 24.0 Å². The van der Waals surface area contributed by atoms with E-state index in [-0.39, 0.29) is 0 Å². The maximum absolute atomic E-state index is 6.11. The lowest BCUT2D eigenvalue weighted by Crippen LogP contribution is -2.04. The van der Waals surface area contributed by atoms with E-state index in [1.807, 2.05) is 6.07 Å². The Kier molecular flexibility index (Phi) is 5.19. The zero-order chi connectivity index (χ0) is 15.2. The molecule has 0 aliphatic heterocycles. The van der Waals surface area contributed by atoms with Gasteiger partial charge in [0.15, 0.2) is 5.82 Å². The van der Waals surface area contributed by atoms with Crippen LogP contribution in [0.15, 0.2) is 24.3 Å². The molecule has 112 valence electrons. The van der Waals surface area contributed by atoms with E-state index >= 15 is 0 Å². The molecule has 0 fully saturated rings. The van der Waals surface area contributed by atoms with Gasteiger partial charge in [0.05, 0.1) is 12.1 Å². The van der Waals surface area contributed by atoms with E-state index in [0.717, 1.165) is 5.69 Å². The molecule has 2 N–H and O–H groups in total. The van der Waals surface area contributed by atoms with Gasteiger partial charge in [-0.25, -0.2) is 9.97 Å². The van der Waals surface area contributed by atoms with Gasteiger partial charge in [-0.15, -0.1) is 0 Å². The van der Waals surface area contributed by atoms with Crippen molar-refractivity contribution >= 4 is 28.9 Å². The van der Waals surface area contributed by atoms with Crippen molar-refractivity contribution in [2.45, 2.75) is 6.61 Å². The lowest BCUT2D eigenvalue weighted by molar-refractivity contribution is 0.178. The van der Waals surface area contributed by atoms with Crippen LogP contribution in [0.4, 0.5) is 17.3 Å². The maximum atomic E-state index is 6.11. The second-order valence-corrected chi connectivity index (χ2v) is 4.62. The highest BCUT2D eigenvalue weighted by Gasteiger charge is 2.06. The monoisotopic (exact) mass is 308 g/mol. The fourth-order valence-corrected chi connectivity index (χ4v) is 2.03. The molecule has 0 radical (unpaired) electrons. The number of rotatable bonds is 6. The summed E-state index contributed by atoms with van der Waals surface area (Å²) in [4.78, 5) is 8.67. The van der Waals surface area contributed by atoms with E-state index in [2.05, 4.69) is 20.6 Å². The van der Waals surface area contributed by atoms with Gasteiger partial charge in [0, 0.05) is 25.9 Å². The van der Waals surface area contributed by atoms with E-state index in [4.69, 9.17) is 21.1 Å². The number of aromatic nitrogens is 2.